The van der Waals surface area contributed by atoms with Gasteiger partial charge in [-0.3, -0.25) is 30.6 Å². The molecule has 210 valence electrons. The predicted octanol–water partition coefficient (Wildman–Crippen LogP) is 4.60. The lowest BCUT2D eigenvalue weighted by atomic mass is 9.87. The largest absolute Gasteiger partial charge is 0.491 e. The van der Waals surface area contributed by atoms with E-state index in [1.54, 1.807) is 60.7 Å². The van der Waals surface area contributed by atoms with Crippen LogP contribution in [-0.2, 0) is 10.2 Å². The fraction of sp³-hybridized carbons (Fsp3) is 0.267. The molecule has 0 bridgehead atoms. The number of hydrogen-bond acceptors (Lipinski definition) is 6. The number of ether oxygens (including phenoxy) is 2. The van der Waals surface area contributed by atoms with E-state index in [0.717, 1.165) is 5.56 Å². The van der Waals surface area contributed by atoms with Crippen molar-refractivity contribution in [3.05, 3.63) is 95.1 Å². The van der Waals surface area contributed by atoms with Crippen molar-refractivity contribution >= 4 is 40.7 Å². The van der Waals surface area contributed by atoms with E-state index >= 15 is 0 Å². The first-order valence-corrected chi connectivity index (χ1v) is 13.2. The summed E-state index contributed by atoms with van der Waals surface area (Å²) in [4.78, 5) is 37.5. The number of carbonyl (C=O) groups excluding carboxylic acids is 3. The Labute approximate surface area is 239 Å². The predicted molar refractivity (Wildman–Crippen MR) is 159 cm³/mol. The second-order valence-corrected chi connectivity index (χ2v) is 10.2. The molecule has 10 heteroatoms. The lowest BCUT2D eigenvalue weighted by Crippen LogP contribution is -2.48. The molecule has 0 atom stereocenters. The summed E-state index contributed by atoms with van der Waals surface area (Å²) in [7, 11) is 0. The topological polar surface area (TPSA) is 118 Å². The number of anilines is 1. The number of carbonyl (C=O) groups is 3. The van der Waals surface area contributed by atoms with Crippen molar-refractivity contribution < 1.29 is 23.9 Å². The highest BCUT2D eigenvalue weighted by atomic mass is 32.1. The van der Waals surface area contributed by atoms with Crippen molar-refractivity contribution in [1.82, 2.24) is 16.2 Å². The molecule has 40 heavy (non-hydrogen) atoms. The van der Waals surface area contributed by atoms with Crippen molar-refractivity contribution in [1.29, 1.82) is 0 Å². The normalized spacial score (nSPS) is 10.8. The Kier molecular flexibility index (Phi) is 10.7. The Balaban J connectivity index is 1.44. The number of rotatable bonds is 9. The molecule has 0 aliphatic rings. The van der Waals surface area contributed by atoms with Gasteiger partial charge in [0, 0.05) is 29.0 Å². The fourth-order valence-corrected chi connectivity index (χ4v) is 3.63. The lowest BCUT2D eigenvalue weighted by Gasteiger charge is -2.19. The Morgan fingerprint density at radius 2 is 1.27 bits per heavy atom. The molecule has 9 nitrogen and oxygen atoms in total. The Bertz CT molecular complexity index is 1320. The average molecular weight is 563 g/mol. The summed E-state index contributed by atoms with van der Waals surface area (Å²) in [6, 6.07) is 20.4. The van der Waals surface area contributed by atoms with Crippen LogP contribution in [0.4, 0.5) is 5.69 Å². The van der Waals surface area contributed by atoms with Gasteiger partial charge in [-0.25, -0.2) is 0 Å². The van der Waals surface area contributed by atoms with Gasteiger partial charge in [-0.05, 0) is 90.8 Å². The zero-order chi connectivity index (χ0) is 29.1. The maximum Gasteiger partial charge on any atom is 0.269 e. The van der Waals surface area contributed by atoms with Crippen LogP contribution in [0, 0.1) is 0 Å². The third-order valence-electron chi connectivity index (χ3n) is 5.75. The molecule has 3 rings (SSSR count). The molecule has 3 amide bonds. The minimum Gasteiger partial charge on any atom is -0.491 e. The van der Waals surface area contributed by atoms with Crippen LogP contribution in [-0.4, -0.2) is 42.7 Å². The van der Waals surface area contributed by atoms with Gasteiger partial charge in [-0.2, -0.15) is 0 Å². The monoisotopic (exact) mass is 562 g/mol. The summed E-state index contributed by atoms with van der Waals surface area (Å²) in [6.07, 6.45) is 0. The second kappa shape index (κ2) is 14.2. The molecule has 4 N–H and O–H groups in total. The van der Waals surface area contributed by atoms with Crippen molar-refractivity contribution in [3.63, 3.8) is 0 Å². The van der Waals surface area contributed by atoms with Gasteiger partial charge in [0.25, 0.3) is 17.7 Å². The van der Waals surface area contributed by atoms with Crippen LogP contribution in [0.3, 0.4) is 0 Å². The number of nitrogens with one attached hydrogen (secondary N) is 4. The highest BCUT2D eigenvalue weighted by molar-refractivity contribution is 7.80. The molecule has 0 aliphatic heterocycles. The number of hydrogen-bond donors (Lipinski definition) is 4. The molecule has 0 saturated heterocycles. The molecule has 3 aromatic rings. The van der Waals surface area contributed by atoms with Gasteiger partial charge < -0.3 is 14.8 Å². The van der Waals surface area contributed by atoms with E-state index in [-0.39, 0.29) is 16.4 Å². The van der Waals surface area contributed by atoms with Gasteiger partial charge in [0.15, 0.2) is 5.11 Å². The first-order valence-electron chi connectivity index (χ1n) is 12.8. The molecule has 3 aromatic carbocycles. The van der Waals surface area contributed by atoms with Gasteiger partial charge in [-0.15, -0.1) is 0 Å². The summed E-state index contributed by atoms with van der Waals surface area (Å²) >= 11 is 5.11. The van der Waals surface area contributed by atoms with Crippen LogP contribution in [0.2, 0.25) is 0 Å². The van der Waals surface area contributed by atoms with E-state index in [1.165, 1.54) is 0 Å². The van der Waals surface area contributed by atoms with Crippen LogP contribution in [0.5, 0.6) is 5.75 Å². The van der Waals surface area contributed by atoms with Crippen LogP contribution >= 0.6 is 12.2 Å². The first-order chi connectivity index (χ1) is 19.1. The molecular weight excluding hydrogens is 528 g/mol. The molecule has 0 unspecified atom stereocenters. The van der Waals surface area contributed by atoms with Gasteiger partial charge in [0.05, 0.1) is 6.61 Å². The zero-order valence-corrected chi connectivity index (χ0v) is 23.8. The zero-order valence-electron chi connectivity index (χ0n) is 23.0. The number of hydrazine groups is 1. The Morgan fingerprint density at radius 1 is 0.725 bits per heavy atom. The Hall–Kier alpha value is -4.28. The van der Waals surface area contributed by atoms with Crippen molar-refractivity contribution in [2.75, 3.05) is 25.1 Å². The van der Waals surface area contributed by atoms with Crippen LogP contribution in [0.25, 0.3) is 0 Å². The van der Waals surface area contributed by atoms with E-state index < -0.39 is 11.8 Å². The van der Waals surface area contributed by atoms with Gasteiger partial charge in [0.2, 0.25) is 0 Å². The smallest absolute Gasteiger partial charge is 0.269 e. The molecule has 0 aliphatic carbocycles. The SMILES string of the molecule is CCOCCOc1ccc(C(=O)NC(=S)NNC(=O)c2ccc(NC(=O)c3ccc(C(C)(C)C)cc3)cc2)cc1. The second-order valence-electron chi connectivity index (χ2n) is 9.79. The minimum atomic E-state index is -0.471. The number of benzene rings is 3. The van der Waals surface area contributed by atoms with E-state index in [1.807, 2.05) is 19.1 Å². The first kappa shape index (κ1) is 30.3. The molecule has 0 heterocycles. The van der Waals surface area contributed by atoms with E-state index in [4.69, 9.17) is 21.7 Å². The quantitative estimate of drug-likeness (QED) is 0.171. The van der Waals surface area contributed by atoms with Gasteiger partial charge in [0.1, 0.15) is 12.4 Å². The molecular formula is C30H34N4O5S. The highest BCUT2D eigenvalue weighted by Crippen LogP contribution is 2.22. The maximum absolute atomic E-state index is 12.6. The maximum atomic E-state index is 12.6. The van der Waals surface area contributed by atoms with Crippen LogP contribution in [0.1, 0.15) is 64.3 Å². The minimum absolute atomic E-state index is 0.00160. The van der Waals surface area contributed by atoms with Crippen molar-refractivity contribution in [2.45, 2.75) is 33.1 Å². The molecule has 0 radical (unpaired) electrons. The van der Waals surface area contributed by atoms with Gasteiger partial charge in [-0.1, -0.05) is 32.9 Å². The van der Waals surface area contributed by atoms with E-state index in [0.29, 0.717) is 47.9 Å². The molecule has 0 saturated carbocycles. The highest BCUT2D eigenvalue weighted by Gasteiger charge is 2.15. The van der Waals surface area contributed by atoms with Crippen molar-refractivity contribution in [2.24, 2.45) is 0 Å². The lowest BCUT2D eigenvalue weighted by molar-refractivity contribution is 0.0934. The van der Waals surface area contributed by atoms with Crippen LogP contribution < -0.4 is 26.2 Å². The van der Waals surface area contributed by atoms with E-state index in [2.05, 4.69) is 42.3 Å². The van der Waals surface area contributed by atoms with Gasteiger partial charge >= 0.3 is 0 Å². The average Bonchev–Trinajstić information content (AvgIpc) is 2.94. The standard InChI is InChI=1S/C30H34N4O5S/c1-5-38-18-19-39-25-16-10-21(11-17-25)27(36)32-29(40)34-33-28(37)22-8-14-24(15-9-22)31-26(35)20-6-12-23(13-7-20)30(2,3)4/h6-17H,5,18-19H2,1-4H3,(H,31,35)(H,33,37)(H2,32,34,36,40). The number of thiocarbonyl (C=S) groups is 1. The summed E-state index contributed by atoms with van der Waals surface area (Å²) in [5.41, 5.74) is 7.87. The third-order valence-corrected chi connectivity index (χ3v) is 5.96. The summed E-state index contributed by atoms with van der Waals surface area (Å²) < 4.78 is 10.7. The third kappa shape index (κ3) is 9.18. The van der Waals surface area contributed by atoms with Crippen LogP contribution in [0.15, 0.2) is 72.8 Å². The summed E-state index contributed by atoms with van der Waals surface area (Å²) in [5.74, 6) is -0.546. The molecule has 0 fully saturated rings. The Morgan fingerprint density at radius 3 is 1.88 bits per heavy atom. The summed E-state index contributed by atoms with van der Waals surface area (Å²) in [5, 5.41) is 5.25. The summed E-state index contributed by atoms with van der Waals surface area (Å²) in [6.45, 7) is 9.77. The fourth-order valence-electron chi connectivity index (χ4n) is 3.49. The van der Waals surface area contributed by atoms with Crippen molar-refractivity contribution in [3.8, 4) is 5.75 Å². The van der Waals surface area contributed by atoms with E-state index in [9.17, 15) is 14.4 Å². The number of amides is 3. The molecule has 0 aromatic heterocycles. The molecule has 0 spiro atoms.